The lowest BCUT2D eigenvalue weighted by molar-refractivity contribution is 0.297. The van der Waals surface area contributed by atoms with Crippen LogP contribution in [0.25, 0.3) is 0 Å². The van der Waals surface area contributed by atoms with Gasteiger partial charge in [0, 0.05) is 23.6 Å². The van der Waals surface area contributed by atoms with E-state index < -0.39 is 0 Å². The van der Waals surface area contributed by atoms with Gasteiger partial charge in [-0.3, -0.25) is 0 Å². The summed E-state index contributed by atoms with van der Waals surface area (Å²) in [6.07, 6.45) is 4.37. The first-order chi connectivity index (χ1) is 8.83. The Bertz CT molecular complexity index is 430. The maximum atomic E-state index is 6.33. The van der Waals surface area contributed by atoms with Crippen LogP contribution in [0.3, 0.4) is 0 Å². The fourth-order valence-corrected chi connectivity index (χ4v) is 2.81. The van der Waals surface area contributed by atoms with E-state index in [1.54, 1.807) is 0 Å². The van der Waals surface area contributed by atoms with Gasteiger partial charge in [-0.1, -0.05) is 11.6 Å². The Kier molecular flexibility index (Phi) is 3.62. The van der Waals surface area contributed by atoms with Crippen LogP contribution in [0.5, 0.6) is 11.5 Å². The number of halogens is 1. The zero-order valence-electron chi connectivity index (χ0n) is 10.4. The molecule has 1 aromatic carbocycles. The minimum absolute atomic E-state index is 0.548. The molecule has 2 aliphatic rings. The monoisotopic (exact) mass is 267 g/mol. The van der Waals surface area contributed by atoms with Gasteiger partial charge in [-0.05, 0) is 37.4 Å². The summed E-state index contributed by atoms with van der Waals surface area (Å²) >= 11 is 6.33. The highest BCUT2D eigenvalue weighted by Crippen LogP contribution is 2.35. The van der Waals surface area contributed by atoms with Crippen LogP contribution >= 0.6 is 11.6 Å². The molecule has 1 atom stereocenters. The van der Waals surface area contributed by atoms with Crippen LogP contribution in [-0.2, 0) is 6.42 Å². The van der Waals surface area contributed by atoms with E-state index in [-0.39, 0.29) is 0 Å². The SMILES string of the molecule is Clc1cc2c(cc1CC1CCCN1)OCCCO2. The first-order valence-corrected chi connectivity index (χ1v) is 7.02. The minimum Gasteiger partial charge on any atom is -0.490 e. The van der Waals surface area contributed by atoms with Gasteiger partial charge in [-0.15, -0.1) is 0 Å². The molecule has 0 aromatic heterocycles. The molecule has 1 saturated heterocycles. The Morgan fingerprint density at radius 1 is 1.17 bits per heavy atom. The second-order valence-corrected chi connectivity index (χ2v) is 5.35. The summed E-state index contributed by atoms with van der Waals surface area (Å²) in [5.74, 6) is 1.62. The fraction of sp³-hybridized carbons (Fsp3) is 0.571. The van der Waals surface area contributed by atoms with Crippen LogP contribution in [0, 0.1) is 0 Å². The van der Waals surface area contributed by atoms with Gasteiger partial charge in [0.25, 0.3) is 0 Å². The van der Waals surface area contributed by atoms with E-state index in [1.165, 1.54) is 12.8 Å². The highest BCUT2D eigenvalue weighted by atomic mass is 35.5. The molecule has 0 bridgehead atoms. The van der Waals surface area contributed by atoms with E-state index in [0.717, 1.165) is 48.1 Å². The fourth-order valence-electron chi connectivity index (χ4n) is 2.58. The Labute approximate surface area is 112 Å². The van der Waals surface area contributed by atoms with Gasteiger partial charge < -0.3 is 14.8 Å². The van der Waals surface area contributed by atoms with Crippen molar-refractivity contribution in [2.24, 2.45) is 0 Å². The van der Waals surface area contributed by atoms with Crippen LogP contribution in [0.15, 0.2) is 12.1 Å². The van der Waals surface area contributed by atoms with Gasteiger partial charge in [0.2, 0.25) is 0 Å². The maximum absolute atomic E-state index is 6.33. The van der Waals surface area contributed by atoms with Crippen molar-refractivity contribution in [3.8, 4) is 11.5 Å². The minimum atomic E-state index is 0.548. The third-order valence-corrected chi connectivity index (χ3v) is 3.90. The summed E-state index contributed by atoms with van der Waals surface area (Å²) < 4.78 is 11.3. The van der Waals surface area contributed by atoms with E-state index >= 15 is 0 Å². The second kappa shape index (κ2) is 5.37. The van der Waals surface area contributed by atoms with Crippen molar-refractivity contribution in [3.05, 3.63) is 22.7 Å². The molecule has 3 nitrogen and oxygen atoms in total. The first-order valence-electron chi connectivity index (χ1n) is 6.64. The lowest BCUT2D eigenvalue weighted by Crippen LogP contribution is -2.23. The normalized spacial score (nSPS) is 22.8. The van der Waals surface area contributed by atoms with Gasteiger partial charge in [0.1, 0.15) is 0 Å². The van der Waals surface area contributed by atoms with E-state index in [1.807, 2.05) is 12.1 Å². The summed E-state index contributed by atoms with van der Waals surface area (Å²) in [4.78, 5) is 0. The molecule has 98 valence electrons. The highest BCUT2D eigenvalue weighted by Gasteiger charge is 2.19. The van der Waals surface area contributed by atoms with Gasteiger partial charge in [-0.2, -0.15) is 0 Å². The zero-order chi connectivity index (χ0) is 12.4. The highest BCUT2D eigenvalue weighted by molar-refractivity contribution is 6.31. The number of fused-ring (bicyclic) bond motifs is 1. The molecule has 1 aromatic rings. The molecule has 1 N–H and O–H groups in total. The van der Waals surface area contributed by atoms with Crippen molar-refractivity contribution in [1.29, 1.82) is 0 Å². The number of rotatable bonds is 2. The van der Waals surface area contributed by atoms with E-state index in [4.69, 9.17) is 21.1 Å². The number of nitrogens with one attached hydrogen (secondary N) is 1. The molecule has 18 heavy (non-hydrogen) atoms. The second-order valence-electron chi connectivity index (χ2n) is 4.94. The molecule has 0 saturated carbocycles. The predicted octanol–water partition coefficient (Wildman–Crippen LogP) is 2.80. The predicted molar refractivity (Wildman–Crippen MR) is 71.8 cm³/mol. The number of ether oxygens (including phenoxy) is 2. The van der Waals surface area contributed by atoms with Gasteiger partial charge in [0.05, 0.1) is 13.2 Å². The molecule has 0 spiro atoms. The van der Waals surface area contributed by atoms with E-state index in [9.17, 15) is 0 Å². The summed E-state index contributed by atoms with van der Waals surface area (Å²) in [7, 11) is 0. The Morgan fingerprint density at radius 3 is 2.67 bits per heavy atom. The molecule has 3 rings (SSSR count). The molecule has 0 radical (unpaired) electrons. The maximum Gasteiger partial charge on any atom is 0.162 e. The van der Waals surface area contributed by atoms with Gasteiger partial charge in [-0.25, -0.2) is 0 Å². The van der Waals surface area contributed by atoms with Crippen LogP contribution in [0.4, 0.5) is 0 Å². The third kappa shape index (κ3) is 2.57. The Morgan fingerprint density at radius 2 is 1.94 bits per heavy atom. The number of benzene rings is 1. The molecular weight excluding hydrogens is 250 g/mol. The van der Waals surface area contributed by atoms with Gasteiger partial charge >= 0.3 is 0 Å². The molecule has 1 unspecified atom stereocenters. The largest absolute Gasteiger partial charge is 0.490 e. The smallest absolute Gasteiger partial charge is 0.162 e. The standard InChI is InChI=1S/C14H18ClNO2/c15-12-9-14-13(17-5-2-6-18-14)8-10(12)7-11-3-1-4-16-11/h8-9,11,16H,1-7H2. The van der Waals surface area contributed by atoms with E-state index in [0.29, 0.717) is 12.6 Å². The topological polar surface area (TPSA) is 30.5 Å². The van der Waals surface area contributed by atoms with Crippen molar-refractivity contribution < 1.29 is 9.47 Å². The van der Waals surface area contributed by atoms with Crippen molar-refractivity contribution in [3.63, 3.8) is 0 Å². The average Bonchev–Trinajstić information content (AvgIpc) is 2.76. The van der Waals surface area contributed by atoms with Gasteiger partial charge in [0.15, 0.2) is 11.5 Å². The molecule has 4 heteroatoms. The molecule has 2 heterocycles. The average molecular weight is 268 g/mol. The van der Waals surface area contributed by atoms with Crippen molar-refractivity contribution in [2.45, 2.75) is 31.7 Å². The molecule has 0 aliphatic carbocycles. The lowest BCUT2D eigenvalue weighted by Gasteiger charge is -2.14. The molecule has 0 amide bonds. The Hall–Kier alpha value is -0.930. The first kappa shape index (κ1) is 12.1. The van der Waals surface area contributed by atoms with Crippen LogP contribution in [0.1, 0.15) is 24.8 Å². The molecule has 1 fully saturated rings. The van der Waals surface area contributed by atoms with E-state index in [2.05, 4.69) is 5.32 Å². The molecule has 2 aliphatic heterocycles. The summed E-state index contributed by atoms with van der Waals surface area (Å²) in [6, 6.07) is 4.49. The zero-order valence-corrected chi connectivity index (χ0v) is 11.1. The van der Waals surface area contributed by atoms with Crippen LogP contribution in [-0.4, -0.2) is 25.8 Å². The summed E-state index contributed by atoms with van der Waals surface area (Å²) in [5, 5.41) is 4.28. The Balaban J connectivity index is 1.83. The van der Waals surface area contributed by atoms with Crippen molar-refractivity contribution in [1.82, 2.24) is 5.32 Å². The quantitative estimate of drug-likeness (QED) is 0.894. The van der Waals surface area contributed by atoms with Crippen molar-refractivity contribution in [2.75, 3.05) is 19.8 Å². The third-order valence-electron chi connectivity index (χ3n) is 3.55. The molecular formula is C14H18ClNO2. The summed E-state index contributed by atoms with van der Waals surface area (Å²) in [5.41, 5.74) is 1.15. The lowest BCUT2D eigenvalue weighted by atomic mass is 10.0. The van der Waals surface area contributed by atoms with Crippen molar-refractivity contribution >= 4 is 11.6 Å². The number of hydrogen-bond donors (Lipinski definition) is 1. The number of hydrogen-bond acceptors (Lipinski definition) is 3. The summed E-state index contributed by atoms with van der Waals surface area (Å²) in [6.45, 7) is 2.54. The van der Waals surface area contributed by atoms with Crippen LogP contribution in [0.2, 0.25) is 5.02 Å². The van der Waals surface area contributed by atoms with Crippen LogP contribution < -0.4 is 14.8 Å².